The second kappa shape index (κ2) is 7.03. The van der Waals surface area contributed by atoms with Gasteiger partial charge < -0.3 is 15.6 Å². The van der Waals surface area contributed by atoms with Crippen molar-refractivity contribution in [1.29, 1.82) is 5.26 Å². The second-order valence-corrected chi connectivity index (χ2v) is 6.77. The van der Waals surface area contributed by atoms with E-state index < -0.39 is 17.7 Å². The van der Waals surface area contributed by atoms with Crippen LogP contribution in [0.15, 0.2) is 53.5 Å². The molecule has 0 amide bonds. The Morgan fingerprint density at radius 3 is 2.63 bits per heavy atom. The number of hydrogen-bond donors (Lipinski definition) is 2. The topological polar surface area (TPSA) is 94.9 Å². The third-order valence-electron chi connectivity index (χ3n) is 4.51. The van der Waals surface area contributed by atoms with Crippen LogP contribution < -0.4 is 10.5 Å². The van der Waals surface area contributed by atoms with E-state index in [4.69, 9.17) is 16.9 Å². The molecule has 2 aromatic carbocycles. The van der Waals surface area contributed by atoms with E-state index in [9.17, 15) is 10.4 Å². The average Bonchev–Trinajstić information content (AvgIpc) is 2.65. The van der Waals surface area contributed by atoms with Crippen LogP contribution in [0.3, 0.4) is 0 Å². The SMILES string of the molecule is C#Cc1ccc2c(c1)C(N(C#N)C(N)=Nc1ccccc1)C(O)C(C)(C)O2. The average molecular weight is 360 g/mol. The first-order valence-electron chi connectivity index (χ1n) is 8.43. The van der Waals surface area contributed by atoms with Crippen LogP contribution in [0, 0.1) is 23.8 Å². The number of nitrogens with two attached hydrogens (primary N) is 1. The second-order valence-electron chi connectivity index (χ2n) is 6.77. The van der Waals surface area contributed by atoms with Crippen LogP contribution in [0.25, 0.3) is 0 Å². The van der Waals surface area contributed by atoms with Crippen molar-refractivity contribution in [2.24, 2.45) is 10.7 Å². The third kappa shape index (κ3) is 3.44. The maximum atomic E-state index is 10.9. The number of aliphatic hydroxyl groups is 1. The van der Waals surface area contributed by atoms with Crippen molar-refractivity contribution in [2.75, 3.05) is 0 Å². The quantitative estimate of drug-likeness (QED) is 0.282. The molecule has 6 heteroatoms. The summed E-state index contributed by atoms with van der Waals surface area (Å²) in [7, 11) is 0. The van der Waals surface area contributed by atoms with E-state index in [-0.39, 0.29) is 5.96 Å². The summed E-state index contributed by atoms with van der Waals surface area (Å²) in [6.45, 7) is 3.51. The van der Waals surface area contributed by atoms with Gasteiger partial charge in [0.1, 0.15) is 23.5 Å². The Morgan fingerprint density at radius 2 is 2.00 bits per heavy atom. The van der Waals surface area contributed by atoms with Crippen molar-refractivity contribution in [2.45, 2.75) is 31.6 Å². The smallest absolute Gasteiger partial charge is 0.210 e. The Kier molecular flexibility index (Phi) is 4.77. The van der Waals surface area contributed by atoms with Crippen LogP contribution in [0.4, 0.5) is 5.69 Å². The Morgan fingerprint density at radius 1 is 1.30 bits per heavy atom. The predicted molar refractivity (Wildman–Crippen MR) is 103 cm³/mol. The van der Waals surface area contributed by atoms with Crippen LogP contribution in [0.1, 0.15) is 31.0 Å². The lowest BCUT2D eigenvalue weighted by molar-refractivity contribution is -0.0750. The molecule has 27 heavy (non-hydrogen) atoms. The van der Waals surface area contributed by atoms with E-state index in [0.717, 1.165) is 0 Å². The molecule has 3 N–H and O–H groups in total. The highest BCUT2D eigenvalue weighted by Crippen LogP contribution is 2.43. The summed E-state index contributed by atoms with van der Waals surface area (Å²) in [5.74, 6) is 3.08. The number of fused-ring (bicyclic) bond motifs is 1. The lowest BCUT2D eigenvalue weighted by Crippen LogP contribution is -2.54. The number of benzene rings is 2. The molecule has 0 saturated heterocycles. The van der Waals surface area contributed by atoms with Gasteiger partial charge in [0.2, 0.25) is 5.96 Å². The minimum absolute atomic E-state index is 0.0255. The molecular weight excluding hydrogens is 340 g/mol. The first-order valence-corrected chi connectivity index (χ1v) is 8.43. The predicted octanol–water partition coefficient (Wildman–Crippen LogP) is 2.67. The molecule has 0 fully saturated rings. The van der Waals surface area contributed by atoms with E-state index in [0.29, 0.717) is 22.6 Å². The normalized spacial score (nSPS) is 20.6. The van der Waals surface area contributed by atoms with Crippen LogP contribution in [-0.2, 0) is 0 Å². The van der Waals surface area contributed by atoms with Gasteiger partial charge in [-0.2, -0.15) is 5.26 Å². The van der Waals surface area contributed by atoms with Crippen molar-refractivity contribution in [3.05, 3.63) is 59.7 Å². The van der Waals surface area contributed by atoms with E-state index >= 15 is 0 Å². The number of rotatable bonds is 2. The minimum atomic E-state index is -1.04. The zero-order chi connectivity index (χ0) is 19.6. The first-order chi connectivity index (χ1) is 12.9. The lowest BCUT2D eigenvalue weighted by Gasteiger charge is -2.44. The molecule has 1 aliphatic heterocycles. The van der Waals surface area contributed by atoms with E-state index in [1.54, 1.807) is 44.2 Å². The molecule has 0 bridgehead atoms. The maximum absolute atomic E-state index is 10.9. The standard InChI is InChI=1S/C21H20N4O2/c1-4-14-10-11-17-16(12-14)18(19(26)21(2,3)27-17)25(13-22)20(23)24-15-8-6-5-7-9-15/h1,5-12,18-19,26H,2-3H3,(H2,23,24). The number of aliphatic imine (C=N–C) groups is 1. The van der Waals surface area contributed by atoms with Crippen molar-refractivity contribution in [3.63, 3.8) is 0 Å². The number of guanidine groups is 1. The van der Waals surface area contributed by atoms with Gasteiger partial charge in [0.25, 0.3) is 0 Å². The van der Waals surface area contributed by atoms with Gasteiger partial charge in [0, 0.05) is 11.1 Å². The van der Waals surface area contributed by atoms with Crippen LogP contribution in [-0.4, -0.2) is 27.7 Å². The van der Waals surface area contributed by atoms with E-state index in [1.807, 2.05) is 24.4 Å². The van der Waals surface area contributed by atoms with Crippen molar-refractivity contribution < 1.29 is 9.84 Å². The summed E-state index contributed by atoms with van der Waals surface area (Å²) in [6, 6.07) is 13.5. The van der Waals surface area contributed by atoms with Crippen LogP contribution >= 0.6 is 0 Å². The number of nitriles is 1. The van der Waals surface area contributed by atoms with Gasteiger partial charge in [-0.25, -0.2) is 9.89 Å². The molecule has 0 saturated carbocycles. The summed E-state index contributed by atoms with van der Waals surface area (Å²) in [5, 5.41) is 20.7. The van der Waals surface area contributed by atoms with Crippen molar-refractivity contribution >= 4 is 11.6 Å². The first kappa shape index (κ1) is 18.3. The number of nitrogens with zero attached hydrogens (tertiary/aromatic N) is 3. The van der Waals surface area contributed by atoms with Gasteiger partial charge in [-0.15, -0.1) is 6.42 Å². The van der Waals surface area contributed by atoms with E-state index in [1.165, 1.54) is 4.90 Å². The summed E-state index contributed by atoms with van der Waals surface area (Å²) >= 11 is 0. The molecule has 2 aromatic rings. The Labute approximate surface area is 158 Å². The summed E-state index contributed by atoms with van der Waals surface area (Å²) in [4.78, 5) is 5.50. The molecule has 0 aromatic heterocycles. The highest BCUT2D eigenvalue weighted by molar-refractivity contribution is 5.83. The number of hydrogen-bond acceptors (Lipinski definition) is 4. The maximum Gasteiger partial charge on any atom is 0.210 e. The lowest BCUT2D eigenvalue weighted by atomic mass is 9.85. The van der Waals surface area contributed by atoms with Crippen LogP contribution in [0.2, 0.25) is 0 Å². The van der Waals surface area contributed by atoms with Gasteiger partial charge in [-0.3, -0.25) is 0 Å². The molecule has 1 heterocycles. The highest BCUT2D eigenvalue weighted by Gasteiger charge is 2.46. The molecule has 2 unspecified atom stereocenters. The van der Waals surface area contributed by atoms with Gasteiger partial charge >= 0.3 is 0 Å². The van der Waals surface area contributed by atoms with Crippen molar-refractivity contribution in [1.82, 2.24) is 4.90 Å². The Hall–Kier alpha value is -3.48. The monoisotopic (exact) mass is 360 g/mol. The largest absolute Gasteiger partial charge is 0.485 e. The molecule has 1 aliphatic rings. The molecule has 3 rings (SSSR count). The Bertz CT molecular complexity index is 954. The molecule has 0 spiro atoms. The van der Waals surface area contributed by atoms with Crippen molar-refractivity contribution in [3.8, 4) is 24.3 Å². The number of ether oxygens (including phenoxy) is 1. The fraction of sp³-hybridized carbons (Fsp3) is 0.238. The van der Waals surface area contributed by atoms with Gasteiger partial charge in [0.05, 0.1) is 5.69 Å². The summed E-state index contributed by atoms with van der Waals surface area (Å²) in [6.07, 6.45) is 6.52. The van der Waals surface area contributed by atoms with E-state index in [2.05, 4.69) is 10.9 Å². The fourth-order valence-corrected chi connectivity index (χ4v) is 3.08. The minimum Gasteiger partial charge on any atom is -0.485 e. The fourth-order valence-electron chi connectivity index (χ4n) is 3.08. The number of terminal acetylenes is 1. The molecule has 136 valence electrons. The molecule has 0 radical (unpaired) electrons. The highest BCUT2D eigenvalue weighted by atomic mass is 16.5. The van der Waals surface area contributed by atoms with Gasteiger partial charge in [0.15, 0.2) is 6.19 Å². The molecule has 6 nitrogen and oxygen atoms in total. The number of para-hydroxylation sites is 1. The molecule has 2 atom stereocenters. The van der Waals surface area contributed by atoms with Gasteiger partial charge in [-0.1, -0.05) is 24.1 Å². The number of aliphatic hydroxyl groups excluding tert-OH is 1. The summed E-state index contributed by atoms with van der Waals surface area (Å²) in [5.41, 5.74) is 7.01. The zero-order valence-electron chi connectivity index (χ0n) is 15.1. The molecule has 0 aliphatic carbocycles. The zero-order valence-corrected chi connectivity index (χ0v) is 15.1. The molecular formula is C21H20N4O2. The van der Waals surface area contributed by atoms with Crippen LogP contribution in [0.5, 0.6) is 5.75 Å². The van der Waals surface area contributed by atoms with Gasteiger partial charge in [-0.05, 0) is 44.2 Å². The third-order valence-corrected chi connectivity index (χ3v) is 4.51. The summed E-state index contributed by atoms with van der Waals surface area (Å²) < 4.78 is 5.92. The Balaban J connectivity index is 2.11.